The van der Waals surface area contributed by atoms with E-state index in [1.54, 1.807) is 18.3 Å². The van der Waals surface area contributed by atoms with Crippen LogP contribution in [0.4, 0.5) is 5.13 Å². The summed E-state index contributed by atoms with van der Waals surface area (Å²) in [5.74, 6) is -0.130. The molecule has 3 heterocycles. The van der Waals surface area contributed by atoms with Crippen LogP contribution in [0.5, 0.6) is 0 Å². The van der Waals surface area contributed by atoms with Crippen LogP contribution in [0.3, 0.4) is 0 Å². The molecular formula is C22H23N5O2S. The maximum atomic E-state index is 12.7. The van der Waals surface area contributed by atoms with Crippen LogP contribution in [0.1, 0.15) is 21.6 Å². The molecule has 154 valence electrons. The summed E-state index contributed by atoms with van der Waals surface area (Å²) in [6, 6.07) is 13.0. The zero-order valence-corrected chi connectivity index (χ0v) is 17.3. The number of carbonyl (C=O) groups excluding carboxylic acids is 2. The fourth-order valence-corrected chi connectivity index (χ4v) is 4.08. The minimum absolute atomic E-state index is 0.0715. The minimum atomic E-state index is -0.201. The summed E-state index contributed by atoms with van der Waals surface area (Å²) in [5, 5.41) is 5.13. The molecule has 1 fully saturated rings. The Morgan fingerprint density at radius 1 is 1.03 bits per heavy atom. The van der Waals surface area contributed by atoms with E-state index in [2.05, 4.69) is 26.3 Å². The zero-order valence-electron chi connectivity index (χ0n) is 16.5. The third-order valence-electron chi connectivity index (χ3n) is 4.99. The average molecular weight is 422 g/mol. The van der Waals surface area contributed by atoms with E-state index < -0.39 is 0 Å². The highest BCUT2D eigenvalue weighted by Gasteiger charge is 2.22. The minimum Gasteiger partial charge on any atom is -0.340 e. The fraction of sp³-hybridized carbons (Fsp3) is 0.273. The first-order valence-electron chi connectivity index (χ1n) is 9.87. The summed E-state index contributed by atoms with van der Waals surface area (Å²) in [6.45, 7) is 3.96. The fourth-order valence-electron chi connectivity index (χ4n) is 3.38. The molecular weight excluding hydrogens is 398 g/mol. The zero-order chi connectivity index (χ0) is 20.8. The van der Waals surface area contributed by atoms with Crippen LogP contribution in [0.2, 0.25) is 0 Å². The molecule has 4 rings (SSSR count). The number of rotatable bonds is 6. The van der Waals surface area contributed by atoms with Crippen LogP contribution < -0.4 is 5.32 Å². The van der Waals surface area contributed by atoms with Gasteiger partial charge in [0.1, 0.15) is 0 Å². The van der Waals surface area contributed by atoms with Crippen LogP contribution in [0, 0.1) is 0 Å². The van der Waals surface area contributed by atoms with Crippen molar-refractivity contribution in [1.82, 2.24) is 19.8 Å². The van der Waals surface area contributed by atoms with Crippen molar-refractivity contribution in [3.05, 3.63) is 77.1 Å². The lowest BCUT2D eigenvalue weighted by atomic mass is 10.2. The molecule has 0 atom stereocenters. The summed E-state index contributed by atoms with van der Waals surface area (Å²) >= 11 is 1.33. The van der Waals surface area contributed by atoms with Crippen molar-refractivity contribution < 1.29 is 9.59 Å². The molecule has 1 N–H and O–H groups in total. The number of hydrogen-bond acceptors (Lipinski definition) is 6. The first-order chi connectivity index (χ1) is 14.7. The summed E-state index contributed by atoms with van der Waals surface area (Å²) in [4.78, 5) is 37.7. The van der Waals surface area contributed by atoms with E-state index in [1.165, 1.54) is 16.9 Å². The van der Waals surface area contributed by atoms with Gasteiger partial charge < -0.3 is 4.90 Å². The Bertz CT molecular complexity index is 985. The third-order valence-corrected chi connectivity index (χ3v) is 5.80. The van der Waals surface area contributed by atoms with E-state index in [0.29, 0.717) is 29.5 Å². The lowest BCUT2D eigenvalue weighted by Crippen LogP contribution is -2.48. The van der Waals surface area contributed by atoms with Gasteiger partial charge >= 0.3 is 0 Å². The van der Waals surface area contributed by atoms with Gasteiger partial charge in [-0.1, -0.05) is 24.3 Å². The highest BCUT2D eigenvalue weighted by molar-refractivity contribution is 7.14. The predicted octanol–water partition coefficient (Wildman–Crippen LogP) is 2.68. The highest BCUT2D eigenvalue weighted by Crippen LogP contribution is 2.18. The topological polar surface area (TPSA) is 78.4 Å². The van der Waals surface area contributed by atoms with Gasteiger partial charge in [-0.3, -0.25) is 24.8 Å². The SMILES string of the molecule is O=C(Nc1nc(CC(=O)N2CCN(Cc3cccnc3)CC2)cs1)c1ccccc1. The summed E-state index contributed by atoms with van der Waals surface area (Å²) in [7, 11) is 0. The molecule has 8 heteroatoms. The van der Waals surface area contributed by atoms with Crippen LogP contribution >= 0.6 is 11.3 Å². The lowest BCUT2D eigenvalue weighted by Gasteiger charge is -2.34. The molecule has 0 radical (unpaired) electrons. The van der Waals surface area contributed by atoms with E-state index >= 15 is 0 Å². The predicted molar refractivity (Wildman–Crippen MR) is 116 cm³/mol. The quantitative estimate of drug-likeness (QED) is 0.662. The molecule has 0 bridgehead atoms. The van der Waals surface area contributed by atoms with Crippen LogP contribution in [-0.4, -0.2) is 57.8 Å². The molecule has 1 aromatic carbocycles. The Morgan fingerprint density at radius 3 is 2.57 bits per heavy atom. The number of hydrogen-bond donors (Lipinski definition) is 1. The molecule has 7 nitrogen and oxygen atoms in total. The number of thiazole rings is 1. The van der Waals surface area contributed by atoms with Crippen molar-refractivity contribution in [2.45, 2.75) is 13.0 Å². The normalized spacial score (nSPS) is 14.5. The van der Waals surface area contributed by atoms with Crippen LogP contribution in [0.15, 0.2) is 60.2 Å². The number of amides is 2. The first-order valence-corrected chi connectivity index (χ1v) is 10.8. The van der Waals surface area contributed by atoms with Crippen molar-refractivity contribution in [3.63, 3.8) is 0 Å². The number of carbonyl (C=O) groups is 2. The smallest absolute Gasteiger partial charge is 0.257 e. The number of nitrogens with one attached hydrogen (secondary N) is 1. The van der Waals surface area contributed by atoms with Gasteiger partial charge in [-0.2, -0.15) is 0 Å². The Hall–Kier alpha value is -3.10. The molecule has 0 spiro atoms. The molecule has 1 aliphatic heterocycles. The van der Waals surface area contributed by atoms with E-state index in [9.17, 15) is 9.59 Å². The van der Waals surface area contributed by atoms with E-state index in [-0.39, 0.29) is 18.2 Å². The number of piperazine rings is 1. The largest absolute Gasteiger partial charge is 0.340 e. The number of aromatic nitrogens is 2. The van der Waals surface area contributed by atoms with Crippen LogP contribution in [-0.2, 0) is 17.8 Å². The van der Waals surface area contributed by atoms with Gasteiger partial charge in [-0.15, -0.1) is 11.3 Å². The standard InChI is InChI=1S/C22H23N5O2S/c28-20(27-11-9-26(10-12-27)15-17-5-4-8-23-14-17)13-19-16-30-22(24-19)25-21(29)18-6-2-1-3-7-18/h1-8,14,16H,9-13,15H2,(H,24,25,29). The van der Waals surface area contributed by atoms with E-state index in [4.69, 9.17) is 0 Å². The summed E-state index contributed by atoms with van der Waals surface area (Å²) < 4.78 is 0. The van der Waals surface area contributed by atoms with Gasteiger partial charge in [-0.05, 0) is 23.8 Å². The Morgan fingerprint density at radius 2 is 1.83 bits per heavy atom. The van der Waals surface area contributed by atoms with Crippen molar-refractivity contribution in [1.29, 1.82) is 0 Å². The first kappa shape index (κ1) is 20.2. The Kier molecular flexibility index (Phi) is 6.46. The number of pyridine rings is 1. The van der Waals surface area contributed by atoms with Crippen LogP contribution in [0.25, 0.3) is 0 Å². The average Bonchev–Trinajstić information content (AvgIpc) is 3.22. The summed E-state index contributed by atoms with van der Waals surface area (Å²) in [5.41, 5.74) is 2.45. The van der Waals surface area contributed by atoms with Crippen molar-refractivity contribution in [3.8, 4) is 0 Å². The summed E-state index contributed by atoms with van der Waals surface area (Å²) in [6.07, 6.45) is 3.91. The molecule has 0 saturated carbocycles. The van der Waals surface area contributed by atoms with Gasteiger partial charge in [0, 0.05) is 56.1 Å². The number of nitrogens with zero attached hydrogens (tertiary/aromatic N) is 4. The van der Waals surface area contributed by atoms with Gasteiger partial charge in [-0.25, -0.2) is 4.98 Å². The van der Waals surface area contributed by atoms with Crippen molar-refractivity contribution in [2.24, 2.45) is 0 Å². The number of anilines is 1. The monoisotopic (exact) mass is 421 g/mol. The molecule has 1 aliphatic rings. The van der Waals surface area contributed by atoms with E-state index in [1.807, 2.05) is 40.7 Å². The lowest BCUT2D eigenvalue weighted by molar-refractivity contribution is -0.132. The maximum absolute atomic E-state index is 12.7. The Labute approximate surface area is 179 Å². The molecule has 0 aliphatic carbocycles. The highest BCUT2D eigenvalue weighted by atomic mass is 32.1. The third kappa shape index (κ3) is 5.28. The second-order valence-electron chi connectivity index (χ2n) is 7.16. The van der Waals surface area contributed by atoms with Gasteiger partial charge in [0.15, 0.2) is 5.13 Å². The Balaban J connectivity index is 1.25. The van der Waals surface area contributed by atoms with E-state index in [0.717, 1.165) is 19.6 Å². The van der Waals surface area contributed by atoms with Gasteiger partial charge in [0.2, 0.25) is 5.91 Å². The van der Waals surface area contributed by atoms with Crippen molar-refractivity contribution >= 4 is 28.3 Å². The number of benzene rings is 1. The van der Waals surface area contributed by atoms with Crippen molar-refractivity contribution in [2.75, 3.05) is 31.5 Å². The molecule has 1 saturated heterocycles. The molecule has 2 aromatic heterocycles. The van der Waals surface area contributed by atoms with Gasteiger partial charge in [0.05, 0.1) is 12.1 Å². The second-order valence-corrected chi connectivity index (χ2v) is 8.02. The molecule has 0 unspecified atom stereocenters. The molecule has 3 aromatic rings. The molecule has 30 heavy (non-hydrogen) atoms. The van der Waals surface area contributed by atoms with Gasteiger partial charge in [0.25, 0.3) is 5.91 Å². The maximum Gasteiger partial charge on any atom is 0.257 e. The second kappa shape index (κ2) is 9.60. The molecule has 2 amide bonds.